The molecule has 0 aliphatic carbocycles. The van der Waals surface area contributed by atoms with Gasteiger partial charge < -0.3 is 14.7 Å². The Morgan fingerprint density at radius 1 is 1.20 bits per heavy atom. The molecule has 5 rings (SSSR count). The van der Waals surface area contributed by atoms with Crippen molar-refractivity contribution < 1.29 is 23.4 Å². The minimum absolute atomic E-state index is 0.0225. The molecule has 1 fully saturated rings. The number of hydrogen-bond donors (Lipinski definition) is 1. The Balaban J connectivity index is 1.60. The van der Waals surface area contributed by atoms with Crippen LogP contribution in [0, 0.1) is 11.6 Å². The van der Waals surface area contributed by atoms with Crippen molar-refractivity contribution in [3.05, 3.63) is 93.5 Å². The van der Waals surface area contributed by atoms with Crippen LogP contribution in [-0.2, 0) is 7.05 Å². The molecule has 9 nitrogen and oxygen atoms in total. The number of carbonyl (C=O) groups is 1. The molecular weight excluding hydrogens is 520 g/mol. The van der Waals surface area contributed by atoms with Crippen LogP contribution < -0.4 is 10.3 Å². The van der Waals surface area contributed by atoms with Gasteiger partial charge in [-0.05, 0) is 42.2 Å². The monoisotopic (exact) mass is 549 g/mol. The van der Waals surface area contributed by atoms with Crippen LogP contribution in [0.2, 0.25) is 0 Å². The lowest BCUT2D eigenvalue weighted by Crippen LogP contribution is -2.38. The fourth-order valence-electron chi connectivity index (χ4n) is 5.43. The largest absolute Gasteiger partial charge is 0.496 e. The second-order valence-electron chi connectivity index (χ2n) is 9.82. The molecule has 1 N–H and O–H groups in total. The van der Waals surface area contributed by atoms with E-state index >= 15 is 0 Å². The number of rotatable bonds is 7. The summed E-state index contributed by atoms with van der Waals surface area (Å²) in [7, 11) is 3.26. The summed E-state index contributed by atoms with van der Waals surface area (Å²) >= 11 is 0. The van der Waals surface area contributed by atoms with Gasteiger partial charge in [-0.3, -0.25) is 18.8 Å². The van der Waals surface area contributed by atoms with Gasteiger partial charge in [-0.1, -0.05) is 25.1 Å². The highest BCUT2D eigenvalue weighted by atomic mass is 19.1. The molecule has 3 heterocycles. The van der Waals surface area contributed by atoms with Crippen molar-refractivity contribution in [3.8, 4) is 23.0 Å². The zero-order valence-corrected chi connectivity index (χ0v) is 22.3. The van der Waals surface area contributed by atoms with Crippen LogP contribution in [0.5, 0.6) is 11.6 Å². The second kappa shape index (κ2) is 10.9. The Morgan fingerprint density at radius 2 is 1.93 bits per heavy atom. The van der Waals surface area contributed by atoms with E-state index in [0.717, 1.165) is 23.8 Å². The number of amides is 1. The lowest BCUT2D eigenvalue weighted by Gasteiger charge is -2.24. The normalized spacial score (nSPS) is 15.8. The Morgan fingerprint density at radius 3 is 2.58 bits per heavy atom. The molecule has 1 aliphatic heterocycles. The summed E-state index contributed by atoms with van der Waals surface area (Å²) in [6, 6.07) is 9.71. The zero-order chi connectivity index (χ0) is 28.6. The average Bonchev–Trinajstić information content (AvgIpc) is 3.59. The molecule has 0 saturated carbocycles. The maximum Gasteiger partial charge on any atom is 0.271 e. The molecule has 11 heteroatoms. The first-order chi connectivity index (χ1) is 19.2. The first-order valence-electron chi connectivity index (χ1n) is 12.9. The van der Waals surface area contributed by atoms with Crippen molar-refractivity contribution in [2.45, 2.75) is 31.7 Å². The number of nitrogens with zero attached hydrogens (tertiary/aromatic N) is 5. The first-order valence-corrected chi connectivity index (χ1v) is 12.9. The molecule has 2 unspecified atom stereocenters. The first kappa shape index (κ1) is 27.0. The standard InChI is InChI=1S/C29H29F2N5O4/c1-4-23(18-11-20(30)13-21(31)12-18)36-26(19-14-32-34(2)15-19)33-27(37)25(29(36)39)28(38)35-10-9-17(16-35)22-7-5-6-8-24(22)40-3/h5-8,11-15,17,23,37H,4,9-10,16H2,1-3H3. The predicted octanol–water partition coefficient (Wildman–Crippen LogP) is 4.27. The summed E-state index contributed by atoms with van der Waals surface area (Å²) in [6.07, 6.45) is 3.94. The van der Waals surface area contributed by atoms with E-state index in [4.69, 9.17) is 4.74 Å². The van der Waals surface area contributed by atoms with E-state index in [-0.39, 0.29) is 23.7 Å². The number of likely N-dealkylation sites (tertiary alicyclic amines) is 1. The van der Waals surface area contributed by atoms with Crippen LogP contribution >= 0.6 is 0 Å². The Bertz CT molecular complexity index is 1610. The molecule has 0 spiro atoms. The molecule has 2 aromatic carbocycles. The Hall–Kier alpha value is -4.54. The highest BCUT2D eigenvalue weighted by molar-refractivity contribution is 5.96. The summed E-state index contributed by atoms with van der Waals surface area (Å²) in [5.41, 5.74) is 0.223. The second-order valence-corrected chi connectivity index (χ2v) is 9.82. The van der Waals surface area contributed by atoms with Gasteiger partial charge in [-0.2, -0.15) is 10.1 Å². The van der Waals surface area contributed by atoms with Gasteiger partial charge in [0.2, 0.25) is 5.88 Å². The summed E-state index contributed by atoms with van der Waals surface area (Å²) in [6.45, 7) is 2.42. The van der Waals surface area contributed by atoms with Gasteiger partial charge in [0.15, 0.2) is 11.4 Å². The van der Waals surface area contributed by atoms with Crippen LogP contribution in [0.1, 0.15) is 53.2 Å². The van der Waals surface area contributed by atoms with Gasteiger partial charge in [-0.15, -0.1) is 0 Å². The van der Waals surface area contributed by atoms with Gasteiger partial charge in [0.1, 0.15) is 17.4 Å². The van der Waals surface area contributed by atoms with E-state index in [1.54, 1.807) is 27.3 Å². The molecule has 1 saturated heterocycles. The summed E-state index contributed by atoms with van der Waals surface area (Å²) in [4.78, 5) is 33.6. The number of halogens is 2. The maximum absolute atomic E-state index is 14.2. The molecule has 0 radical (unpaired) electrons. The van der Waals surface area contributed by atoms with Crippen LogP contribution in [0.3, 0.4) is 0 Å². The van der Waals surface area contributed by atoms with Crippen molar-refractivity contribution in [1.29, 1.82) is 0 Å². The number of carbonyl (C=O) groups excluding carboxylic acids is 1. The van der Waals surface area contributed by atoms with E-state index in [9.17, 15) is 23.5 Å². The fraction of sp³-hybridized carbons (Fsp3) is 0.310. The fourth-order valence-corrected chi connectivity index (χ4v) is 5.43. The van der Waals surface area contributed by atoms with Gasteiger partial charge in [0.05, 0.1) is 24.9 Å². The summed E-state index contributed by atoms with van der Waals surface area (Å²) in [5.74, 6) is -2.27. The molecule has 2 aromatic heterocycles. The van der Waals surface area contributed by atoms with Crippen molar-refractivity contribution >= 4 is 5.91 Å². The van der Waals surface area contributed by atoms with Crippen LogP contribution in [-0.4, -0.2) is 55.4 Å². The summed E-state index contributed by atoms with van der Waals surface area (Å²) < 4.78 is 36.6. The zero-order valence-electron chi connectivity index (χ0n) is 22.3. The van der Waals surface area contributed by atoms with Crippen LogP contribution in [0.4, 0.5) is 8.78 Å². The highest BCUT2D eigenvalue weighted by Gasteiger charge is 2.34. The Kier molecular flexibility index (Phi) is 7.38. The van der Waals surface area contributed by atoms with Crippen LogP contribution in [0.25, 0.3) is 11.4 Å². The number of ether oxygens (including phenoxy) is 1. The number of aromatic nitrogens is 4. The third-order valence-electron chi connectivity index (χ3n) is 7.30. The third-order valence-corrected chi connectivity index (χ3v) is 7.30. The molecule has 40 heavy (non-hydrogen) atoms. The van der Waals surface area contributed by atoms with E-state index in [1.165, 1.54) is 20.3 Å². The van der Waals surface area contributed by atoms with Crippen LogP contribution in [0.15, 0.2) is 59.7 Å². The number of aromatic hydroxyl groups is 1. The molecule has 1 amide bonds. The number of aryl methyl sites for hydroxylation is 1. The quantitative estimate of drug-likeness (QED) is 0.370. The topological polar surface area (TPSA) is 102 Å². The summed E-state index contributed by atoms with van der Waals surface area (Å²) in [5, 5.41) is 15.1. The van der Waals surface area contributed by atoms with Crippen molar-refractivity contribution in [1.82, 2.24) is 24.2 Å². The van der Waals surface area contributed by atoms with E-state index in [2.05, 4.69) is 10.1 Å². The van der Waals surface area contributed by atoms with E-state index in [1.807, 2.05) is 24.3 Å². The molecule has 4 aromatic rings. The van der Waals surface area contributed by atoms with Crippen molar-refractivity contribution in [3.63, 3.8) is 0 Å². The van der Waals surface area contributed by atoms with Gasteiger partial charge >= 0.3 is 0 Å². The smallest absolute Gasteiger partial charge is 0.271 e. The van der Waals surface area contributed by atoms with Crippen molar-refractivity contribution in [2.75, 3.05) is 20.2 Å². The molecule has 0 bridgehead atoms. The molecule has 208 valence electrons. The SMILES string of the molecule is CCC(c1cc(F)cc(F)c1)n1c(-c2cnn(C)c2)nc(O)c(C(=O)N2CCC(c3ccccc3OC)C2)c1=O. The van der Waals surface area contributed by atoms with Gasteiger partial charge in [-0.25, -0.2) is 8.78 Å². The van der Waals surface area contributed by atoms with Gasteiger partial charge in [0, 0.05) is 38.3 Å². The number of hydrogen-bond acceptors (Lipinski definition) is 6. The molecule has 2 atom stereocenters. The number of benzene rings is 2. The Labute approximate surface area is 229 Å². The van der Waals surface area contributed by atoms with E-state index in [0.29, 0.717) is 30.8 Å². The molecule has 1 aliphatic rings. The van der Waals surface area contributed by atoms with E-state index < -0.39 is 40.6 Å². The number of methoxy groups -OCH3 is 1. The third kappa shape index (κ3) is 4.94. The predicted molar refractivity (Wildman–Crippen MR) is 143 cm³/mol. The number of para-hydroxylation sites is 1. The van der Waals surface area contributed by atoms with Gasteiger partial charge in [0.25, 0.3) is 11.5 Å². The van der Waals surface area contributed by atoms with Crippen molar-refractivity contribution in [2.24, 2.45) is 7.05 Å². The lowest BCUT2D eigenvalue weighted by atomic mass is 9.97. The highest BCUT2D eigenvalue weighted by Crippen LogP contribution is 2.35. The lowest BCUT2D eigenvalue weighted by molar-refractivity contribution is 0.0784. The minimum Gasteiger partial charge on any atom is -0.496 e. The minimum atomic E-state index is -0.882. The average molecular weight is 550 g/mol. The maximum atomic E-state index is 14.2. The molecular formula is C29H29F2N5O4.